The van der Waals surface area contributed by atoms with Crippen LogP contribution in [-0.2, 0) is 4.74 Å². The monoisotopic (exact) mass is 347 g/mol. The van der Waals surface area contributed by atoms with Crippen LogP contribution in [0.1, 0.15) is 15.9 Å². The van der Waals surface area contributed by atoms with Crippen molar-refractivity contribution < 1.29 is 18.3 Å². The molecule has 132 valence electrons. The van der Waals surface area contributed by atoms with Crippen molar-refractivity contribution in [1.82, 2.24) is 0 Å². The van der Waals surface area contributed by atoms with Gasteiger partial charge in [0.25, 0.3) is 0 Å². The molecule has 0 heterocycles. The highest BCUT2D eigenvalue weighted by Gasteiger charge is 2.22. The molecule has 0 bridgehead atoms. The van der Waals surface area contributed by atoms with Gasteiger partial charge in [0.1, 0.15) is 5.82 Å². The highest BCUT2D eigenvalue weighted by molar-refractivity contribution is 6.00. The number of halogens is 2. The van der Waals surface area contributed by atoms with Crippen molar-refractivity contribution in [2.75, 3.05) is 30.0 Å². The molecule has 0 aliphatic rings. The van der Waals surface area contributed by atoms with Crippen LogP contribution in [0.15, 0.2) is 36.9 Å². The van der Waals surface area contributed by atoms with Gasteiger partial charge in [0, 0.05) is 6.54 Å². The average Bonchev–Trinajstić information content (AvgIpc) is 2.58. The first-order valence-corrected chi connectivity index (χ1v) is 7.47. The van der Waals surface area contributed by atoms with Gasteiger partial charge in [0.15, 0.2) is 5.82 Å². The summed E-state index contributed by atoms with van der Waals surface area (Å²) in [6, 6.07) is 5.69. The van der Waals surface area contributed by atoms with Gasteiger partial charge in [0.05, 0.1) is 35.4 Å². The van der Waals surface area contributed by atoms with Gasteiger partial charge in [-0.2, -0.15) is 0 Å². The van der Waals surface area contributed by atoms with Crippen LogP contribution in [0.3, 0.4) is 0 Å². The number of ether oxygens (including phenoxy) is 1. The molecule has 2 rings (SSSR count). The van der Waals surface area contributed by atoms with E-state index in [0.717, 1.165) is 7.11 Å². The van der Waals surface area contributed by atoms with E-state index in [1.165, 1.54) is 24.3 Å². The molecule has 4 N–H and O–H groups in total. The lowest BCUT2D eigenvalue weighted by atomic mass is 10.1. The molecular weight excluding hydrogens is 328 g/mol. The van der Waals surface area contributed by atoms with Gasteiger partial charge in [-0.25, -0.2) is 13.6 Å². The van der Waals surface area contributed by atoms with Crippen LogP contribution in [-0.4, -0.2) is 19.6 Å². The van der Waals surface area contributed by atoms with E-state index >= 15 is 0 Å². The number of rotatable bonds is 6. The summed E-state index contributed by atoms with van der Waals surface area (Å²) < 4.78 is 33.7. The summed E-state index contributed by atoms with van der Waals surface area (Å²) in [5, 5.41) is 5.38. The van der Waals surface area contributed by atoms with Gasteiger partial charge < -0.3 is 21.1 Å². The fourth-order valence-corrected chi connectivity index (χ4v) is 2.27. The molecule has 0 aliphatic heterocycles. The lowest BCUT2D eigenvalue weighted by Crippen LogP contribution is -2.13. The largest absolute Gasteiger partial charge is 0.465 e. The Kier molecular flexibility index (Phi) is 5.59. The molecule has 0 unspecified atom stereocenters. The summed E-state index contributed by atoms with van der Waals surface area (Å²) in [6.45, 7) is 5.53. The number of hydrogen-bond acceptors (Lipinski definition) is 5. The van der Waals surface area contributed by atoms with Crippen LogP contribution in [0.5, 0.6) is 0 Å². The van der Waals surface area contributed by atoms with Crippen molar-refractivity contribution >= 4 is 28.7 Å². The minimum atomic E-state index is -0.817. The molecule has 2 aromatic rings. The molecule has 25 heavy (non-hydrogen) atoms. The van der Waals surface area contributed by atoms with Gasteiger partial charge in [0.2, 0.25) is 0 Å². The quantitative estimate of drug-likeness (QED) is 0.419. The van der Waals surface area contributed by atoms with E-state index in [9.17, 15) is 13.6 Å². The number of anilines is 4. The molecule has 0 saturated carbocycles. The maximum Gasteiger partial charge on any atom is 0.340 e. The van der Waals surface area contributed by atoms with Crippen LogP contribution in [0, 0.1) is 18.6 Å². The van der Waals surface area contributed by atoms with E-state index in [1.807, 2.05) is 0 Å². The van der Waals surface area contributed by atoms with Crippen LogP contribution in [0.4, 0.5) is 31.5 Å². The Bertz CT molecular complexity index is 822. The van der Waals surface area contributed by atoms with Crippen molar-refractivity contribution in [1.29, 1.82) is 0 Å². The SMILES string of the molecule is C=CCNc1c(N)cc(C(=O)OC)c(Nc2ccc(C)cc2F)c1F. The van der Waals surface area contributed by atoms with Crippen LogP contribution in [0.25, 0.3) is 0 Å². The number of methoxy groups -OCH3 is 1. The zero-order valence-electron chi connectivity index (χ0n) is 14.0. The average molecular weight is 347 g/mol. The van der Waals surface area contributed by atoms with E-state index < -0.39 is 17.6 Å². The number of carbonyl (C=O) groups excluding carboxylic acids is 1. The molecule has 0 saturated heterocycles. The van der Waals surface area contributed by atoms with Gasteiger partial charge in [-0.05, 0) is 30.7 Å². The Morgan fingerprint density at radius 1 is 1.32 bits per heavy atom. The van der Waals surface area contributed by atoms with E-state index in [2.05, 4.69) is 21.9 Å². The molecule has 0 spiro atoms. The predicted octanol–water partition coefficient (Wildman–Crippen LogP) is 3.98. The molecule has 0 aromatic heterocycles. The number of nitrogen functional groups attached to an aromatic ring is 1. The minimum Gasteiger partial charge on any atom is -0.465 e. The van der Waals surface area contributed by atoms with Crippen molar-refractivity contribution in [3.05, 3.63) is 59.7 Å². The van der Waals surface area contributed by atoms with Crippen LogP contribution >= 0.6 is 0 Å². The van der Waals surface area contributed by atoms with Gasteiger partial charge in [-0.1, -0.05) is 12.1 Å². The van der Waals surface area contributed by atoms with Gasteiger partial charge >= 0.3 is 5.97 Å². The van der Waals surface area contributed by atoms with Crippen LogP contribution in [0.2, 0.25) is 0 Å². The third-order valence-corrected chi connectivity index (χ3v) is 3.51. The van der Waals surface area contributed by atoms with Crippen molar-refractivity contribution in [2.24, 2.45) is 0 Å². The number of nitrogens with two attached hydrogens (primary N) is 1. The first-order valence-electron chi connectivity index (χ1n) is 7.47. The number of nitrogens with one attached hydrogen (secondary N) is 2. The standard InChI is InChI=1S/C18H19F2N3O2/c1-4-7-22-17-13(21)9-11(18(24)25-3)16(15(17)20)23-14-6-5-10(2)8-12(14)19/h4-6,8-9,22-23H,1,7,21H2,2-3H3. The number of benzene rings is 2. The van der Waals surface area contributed by atoms with E-state index in [1.54, 1.807) is 13.0 Å². The molecule has 7 heteroatoms. The molecule has 2 aromatic carbocycles. The second-order valence-corrected chi connectivity index (χ2v) is 5.35. The molecule has 0 radical (unpaired) electrons. The predicted molar refractivity (Wildman–Crippen MR) is 95.3 cm³/mol. The summed E-state index contributed by atoms with van der Waals surface area (Å²) in [4.78, 5) is 12.0. The topological polar surface area (TPSA) is 76.4 Å². The summed E-state index contributed by atoms with van der Waals surface area (Å²) in [7, 11) is 1.16. The minimum absolute atomic E-state index is 0.0115. The summed E-state index contributed by atoms with van der Waals surface area (Å²) in [6.07, 6.45) is 1.53. The van der Waals surface area contributed by atoms with E-state index in [-0.39, 0.29) is 34.9 Å². The van der Waals surface area contributed by atoms with Crippen LogP contribution < -0.4 is 16.4 Å². The molecule has 0 amide bonds. The lowest BCUT2D eigenvalue weighted by molar-refractivity contribution is 0.0601. The number of aryl methyl sites for hydroxylation is 1. The molecule has 0 fully saturated rings. The number of esters is 1. The summed E-state index contributed by atoms with van der Waals surface area (Å²) in [5.41, 5.74) is 6.20. The smallest absolute Gasteiger partial charge is 0.340 e. The second kappa shape index (κ2) is 7.65. The maximum absolute atomic E-state index is 14.9. The second-order valence-electron chi connectivity index (χ2n) is 5.35. The summed E-state index contributed by atoms with van der Waals surface area (Å²) >= 11 is 0. The first-order chi connectivity index (χ1) is 11.9. The Balaban J connectivity index is 2.58. The van der Waals surface area contributed by atoms with Crippen molar-refractivity contribution in [2.45, 2.75) is 6.92 Å². The fourth-order valence-electron chi connectivity index (χ4n) is 2.27. The molecule has 5 nitrogen and oxygen atoms in total. The normalized spacial score (nSPS) is 10.2. The number of hydrogen-bond donors (Lipinski definition) is 3. The highest BCUT2D eigenvalue weighted by atomic mass is 19.1. The molecule has 0 aliphatic carbocycles. The molecular formula is C18H19F2N3O2. The van der Waals surface area contributed by atoms with E-state index in [0.29, 0.717) is 5.56 Å². The Morgan fingerprint density at radius 2 is 2.04 bits per heavy atom. The Morgan fingerprint density at radius 3 is 2.64 bits per heavy atom. The maximum atomic E-state index is 14.9. The van der Waals surface area contributed by atoms with Gasteiger partial charge in [-0.15, -0.1) is 6.58 Å². The van der Waals surface area contributed by atoms with Crippen molar-refractivity contribution in [3.8, 4) is 0 Å². The van der Waals surface area contributed by atoms with E-state index in [4.69, 9.17) is 5.73 Å². The first kappa shape index (κ1) is 18.3. The summed E-state index contributed by atoms with van der Waals surface area (Å²) in [5.74, 6) is -2.19. The zero-order chi connectivity index (χ0) is 18.6. The molecule has 0 atom stereocenters. The Labute approximate surface area is 144 Å². The fraction of sp³-hybridized carbons (Fsp3) is 0.167. The lowest BCUT2D eigenvalue weighted by Gasteiger charge is -2.17. The van der Waals surface area contributed by atoms with Gasteiger partial charge in [-0.3, -0.25) is 0 Å². The third-order valence-electron chi connectivity index (χ3n) is 3.51. The zero-order valence-corrected chi connectivity index (χ0v) is 14.0. The Hall–Kier alpha value is -3.09. The number of carbonyl (C=O) groups is 1. The third kappa shape index (κ3) is 3.88. The highest BCUT2D eigenvalue weighted by Crippen LogP contribution is 2.35. The van der Waals surface area contributed by atoms with Crippen molar-refractivity contribution in [3.63, 3.8) is 0 Å².